The third-order valence-corrected chi connectivity index (χ3v) is 2.51. The summed E-state index contributed by atoms with van der Waals surface area (Å²) in [6, 6.07) is 3.48. The molecule has 2 rings (SSSR count). The highest BCUT2D eigenvalue weighted by Crippen LogP contribution is 2.08. The van der Waals surface area contributed by atoms with Crippen LogP contribution in [0, 0.1) is 10.1 Å². The first-order chi connectivity index (χ1) is 8.65. The zero-order chi connectivity index (χ0) is 13.0. The number of hydrogen-bond acceptors (Lipinski definition) is 3. The van der Waals surface area contributed by atoms with Gasteiger partial charge in [-0.3, -0.25) is 0 Å². The van der Waals surface area contributed by atoms with Gasteiger partial charge in [0.05, 0.1) is 0 Å². The molecule has 0 amide bonds. The molecule has 0 saturated carbocycles. The van der Waals surface area contributed by atoms with Gasteiger partial charge in [-0.25, -0.2) is 15.1 Å². The highest BCUT2D eigenvalue weighted by molar-refractivity contribution is 6.29. The summed E-state index contributed by atoms with van der Waals surface area (Å²) < 4.78 is 0. The fourth-order valence-electron chi connectivity index (χ4n) is 1.47. The molecule has 1 saturated heterocycles. The molecule has 0 atom stereocenters. The van der Waals surface area contributed by atoms with E-state index in [0.717, 1.165) is 5.56 Å². The lowest BCUT2D eigenvalue weighted by Gasteiger charge is -2.08. The number of rotatable bonds is 3. The number of hydrazone groups is 1. The highest BCUT2D eigenvalue weighted by Gasteiger charge is 2.18. The van der Waals surface area contributed by atoms with Gasteiger partial charge in [-0.05, 0) is 17.7 Å². The quantitative estimate of drug-likeness (QED) is 0.505. The van der Waals surface area contributed by atoms with Gasteiger partial charge >= 0.3 is 0 Å². The minimum Gasteiger partial charge on any atom is -0.349 e. The summed E-state index contributed by atoms with van der Waals surface area (Å²) in [5, 5.41) is 16.1. The Morgan fingerprint density at radius 3 is 3.11 bits per heavy atom. The van der Waals surface area contributed by atoms with Gasteiger partial charge in [0.15, 0.2) is 5.03 Å². The van der Waals surface area contributed by atoms with Crippen molar-refractivity contribution in [2.75, 3.05) is 13.1 Å². The normalized spacial score (nSPS) is 17.4. The summed E-state index contributed by atoms with van der Waals surface area (Å²) in [5.41, 5.74) is 0.853. The Labute approximate surface area is 108 Å². The highest BCUT2D eigenvalue weighted by atomic mass is 35.5. The summed E-state index contributed by atoms with van der Waals surface area (Å²) in [7, 11) is 0. The van der Waals surface area contributed by atoms with Crippen molar-refractivity contribution in [3.63, 3.8) is 0 Å². The monoisotopic (exact) mass is 267 g/mol. The Balaban J connectivity index is 2.08. The largest absolute Gasteiger partial charge is 0.349 e. The van der Waals surface area contributed by atoms with Gasteiger partial charge in [-0.2, -0.15) is 0 Å². The second kappa shape index (κ2) is 5.46. The second-order valence-electron chi connectivity index (χ2n) is 3.51. The first kappa shape index (κ1) is 12.3. The molecule has 94 valence electrons. The Morgan fingerprint density at radius 1 is 1.61 bits per heavy atom. The average molecular weight is 268 g/mol. The van der Waals surface area contributed by atoms with Gasteiger partial charge < -0.3 is 10.2 Å². The van der Waals surface area contributed by atoms with E-state index >= 15 is 0 Å². The molecule has 0 spiro atoms. The fraction of sp³-hybridized carbons (Fsp3) is 0.200. The number of aromatic nitrogens is 1. The van der Waals surface area contributed by atoms with Crippen molar-refractivity contribution in [3.05, 3.63) is 45.4 Å². The molecule has 1 aliphatic heterocycles. The summed E-state index contributed by atoms with van der Waals surface area (Å²) in [5.74, 6) is 0.234. The van der Waals surface area contributed by atoms with E-state index in [-0.39, 0.29) is 5.96 Å². The van der Waals surface area contributed by atoms with Crippen molar-refractivity contribution >= 4 is 23.6 Å². The number of halogens is 1. The summed E-state index contributed by atoms with van der Waals surface area (Å²) in [6.45, 7) is 1.25. The van der Waals surface area contributed by atoms with Crippen molar-refractivity contribution in [2.45, 2.75) is 0 Å². The van der Waals surface area contributed by atoms with Crippen LogP contribution in [0.4, 0.5) is 0 Å². The van der Waals surface area contributed by atoms with E-state index < -0.39 is 5.03 Å². The molecule has 2 heterocycles. The molecule has 1 aliphatic rings. The first-order valence-corrected chi connectivity index (χ1v) is 5.56. The molecule has 1 aromatic heterocycles. The Morgan fingerprint density at radius 2 is 2.44 bits per heavy atom. The van der Waals surface area contributed by atoms with Gasteiger partial charge in [0, 0.05) is 25.5 Å². The molecule has 0 bridgehead atoms. The third kappa shape index (κ3) is 3.17. The van der Waals surface area contributed by atoms with Crippen molar-refractivity contribution in [1.29, 1.82) is 0 Å². The number of pyridine rings is 1. The van der Waals surface area contributed by atoms with E-state index in [1.54, 1.807) is 35.5 Å². The SMILES string of the molecule is O=[N+]([O-])/N=C1\NCCN1/C=C/c1ccc(Cl)nc1. The lowest BCUT2D eigenvalue weighted by molar-refractivity contribution is -0.485. The zero-order valence-corrected chi connectivity index (χ0v) is 10.0. The Bertz CT molecular complexity index is 499. The van der Waals surface area contributed by atoms with Crippen LogP contribution in [-0.2, 0) is 0 Å². The standard InChI is InChI=1S/C10H10ClN5O2/c11-9-2-1-8(7-13-9)3-5-15-6-4-12-10(15)14-16(17)18/h1-3,5,7H,4,6H2,(H,12,14)/b5-3+. The fourth-order valence-corrected chi connectivity index (χ4v) is 1.58. The predicted octanol–water partition coefficient (Wildman–Crippen LogP) is 1.16. The van der Waals surface area contributed by atoms with Crippen LogP contribution in [0.3, 0.4) is 0 Å². The second-order valence-corrected chi connectivity index (χ2v) is 3.90. The van der Waals surface area contributed by atoms with Gasteiger partial charge in [-0.1, -0.05) is 17.7 Å². The van der Waals surface area contributed by atoms with Crippen molar-refractivity contribution in [1.82, 2.24) is 15.2 Å². The molecule has 1 fully saturated rings. The van der Waals surface area contributed by atoms with E-state index in [2.05, 4.69) is 15.4 Å². The van der Waals surface area contributed by atoms with Gasteiger partial charge in [0.1, 0.15) is 10.3 Å². The van der Waals surface area contributed by atoms with Crippen LogP contribution in [0.15, 0.2) is 29.6 Å². The Hall–Kier alpha value is -2.15. The molecule has 8 heteroatoms. The van der Waals surface area contributed by atoms with E-state index in [0.29, 0.717) is 18.2 Å². The molecule has 0 unspecified atom stereocenters. The summed E-state index contributed by atoms with van der Waals surface area (Å²) >= 11 is 5.67. The maximum Gasteiger partial charge on any atom is 0.275 e. The molecule has 18 heavy (non-hydrogen) atoms. The zero-order valence-electron chi connectivity index (χ0n) is 9.28. The van der Waals surface area contributed by atoms with Gasteiger partial charge in [-0.15, -0.1) is 0 Å². The van der Waals surface area contributed by atoms with Crippen LogP contribution in [0.25, 0.3) is 6.08 Å². The predicted molar refractivity (Wildman–Crippen MR) is 67.4 cm³/mol. The van der Waals surface area contributed by atoms with E-state index in [4.69, 9.17) is 11.6 Å². The minimum atomic E-state index is -0.724. The average Bonchev–Trinajstić information content (AvgIpc) is 2.75. The van der Waals surface area contributed by atoms with Crippen molar-refractivity contribution < 1.29 is 5.03 Å². The lowest BCUT2D eigenvalue weighted by Crippen LogP contribution is -2.26. The van der Waals surface area contributed by atoms with Crippen LogP contribution >= 0.6 is 11.6 Å². The summed E-state index contributed by atoms with van der Waals surface area (Å²) in [6.07, 6.45) is 5.12. The maximum atomic E-state index is 10.3. The molecule has 1 aromatic rings. The number of hydrogen-bond donors (Lipinski definition) is 1. The number of nitrogens with one attached hydrogen (secondary N) is 1. The Kier molecular flexibility index (Phi) is 3.73. The summed E-state index contributed by atoms with van der Waals surface area (Å²) in [4.78, 5) is 15.9. The molecular formula is C10H10ClN5O2. The van der Waals surface area contributed by atoms with Gasteiger partial charge in [0.25, 0.3) is 5.96 Å². The minimum absolute atomic E-state index is 0.234. The molecule has 0 aromatic carbocycles. The van der Waals surface area contributed by atoms with Crippen LogP contribution in [0.2, 0.25) is 5.15 Å². The number of nitrogens with zero attached hydrogens (tertiary/aromatic N) is 4. The van der Waals surface area contributed by atoms with Crippen LogP contribution in [-0.4, -0.2) is 34.0 Å². The smallest absolute Gasteiger partial charge is 0.275 e. The number of guanidine groups is 1. The molecular weight excluding hydrogens is 258 g/mol. The number of nitro groups is 1. The van der Waals surface area contributed by atoms with Gasteiger partial charge in [0.2, 0.25) is 0 Å². The lowest BCUT2D eigenvalue weighted by atomic mass is 10.3. The van der Waals surface area contributed by atoms with E-state index in [1.165, 1.54) is 0 Å². The van der Waals surface area contributed by atoms with Crippen LogP contribution in [0.5, 0.6) is 0 Å². The molecule has 0 radical (unpaired) electrons. The molecule has 0 aliphatic carbocycles. The van der Waals surface area contributed by atoms with Crippen molar-refractivity contribution in [3.8, 4) is 0 Å². The van der Waals surface area contributed by atoms with Crippen LogP contribution < -0.4 is 5.32 Å². The molecule has 1 N–H and O–H groups in total. The third-order valence-electron chi connectivity index (χ3n) is 2.28. The molecule has 7 nitrogen and oxygen atoms in total. The van der Waals surface area contributed by atoms with E-state index in [9.17, 15) is 10.1 Å². The first-order valence-electron chi connectivity index (χ1n) is 5.18. The topological polar surface area (TPSA) is 83.7 Å². The van der Waals surface area contributed by atoms with Crippen molar-refractivity contribution in [2.24, 2.45) is 5.10 Å². The van der Waals surface area contributed by atoms with Crippen LogP contribution in [0.1, 0.15) is 5.56 Å². The van der Waals surface area contributed by atoms with E-state index in [1.807, 2.05) is 0 Å². The maximum absolute atomic E-state index is 10.3.